The molecule has 1 fully saturated rings. The fourth-order valence-corrected chi connectivity index (χ4v) is 3.10. The third-order valence-electron chi connectivity index (χ3n) is 4.03. The Labute approximate surface area is 151 Å². The van der Waals surface area contributed by atoms with Crippen molar-refractivity contribution in [2.45, 2.75) is 19.8 Å². The zero-order valence-electron chi connectivity index (χ0n) is 13.5. The van der Waals surface area contributed by atoms with Crippen molar-refractivity contribution in [1.29, 1.82) is 0 Å². The van der Waals surface area contributed by atoms with E-state index in [4.69, 9.17) is 27.9 Å². The molecule has 0 saturated carbocycles. The van der Waals surface area contributed by atoms with Gasteiger partial charge in [-0.1, -0.05) is 36.5 Å². The Morgan fingerprint density at radius 3 is 2.67 bits per heavy atom. The van der Waals surface area contributed by atoms with Gasteiger partial charge in [0.2, 0.25) is 0 Å². The van der Waals surface area contributed by atoms with Crippen LogP contribution in [0.15, 0.2) is 24.4 Å². The number of ether oxygens (including phenoxy) is 1. The maximum absolute atomic E-state index is 12.8. The van der Waals surface area contributed by atoms with Gasteiger partial charge in [0.1, 0.15) is 0 Å². The quantitative estimate of drug-likeness (QED) is 0.829. The van der Waals surface area contributed by atoms with E-state index >= 15 is 0 Å². The second-order valence-electron chi connectivity index (χ2n) is 5.67. The van der Waals surface area contributed by atoms with Crippen molar-refractivity contribution in [2.75, 3.05) is 26.3 Å². The van der Waals surface area contributed by atoms with Gasteiger partial charge in [-0.3, -0.25) is 4.79 Å². The minimum atomic E-state index is 0.00746. The third kappa shape index (κ3) is 3.43. The highest BCUT2D eigenvalue weighted by atomic mass is 35.5. The van der Waals surface area contributed by atoms with E-state index < -0.39 is 0 Å². The predicted molar refractivity (Wildman–Crippen MR) is 94.3 cm³/mol. The summed E-state index contributed by atoms with van der Waals surface area (Å²) in [6.07, 6.45) is 3.31. The monoisotopic (exact) mass is 367 g/mol. The number of rotatable bonds is 4. The summed E-state index contributed by atoms with van der Waals surface area (Å²) in [5.74, 6) is 0.00746. The molecule has 0 unspecified atom stereocenters. The molecule has 1 aromatic carbocycles. The number of nitrogens with zero attached hydrogens (tertiary/aromatic N) is 3. The zero-order chi connectivity index (χ0) is 17.1. The van der Waals surface area contributed by atoms with Crippen molar-refractivity contribution >= 4 is 29.1 Å². The van der Waals surface area contributed by atoms with Crippen LogP contribution in [0.4, 0.5) is 0 Å². The Morgan fingerprint density at radius 2 is 2.00 bits per heavy atom. The second-order valence-corrected chi connectivity index (χ2v) is 6.48. The van der Waals surface area contributed by atoms with Gasteiger partial charge in [0.15, 0.2) is 0 Å². The lowest BCUT2D eigenvalue weighted by Crippen LogP contribution is -2.40. The van der Waals surface area contributed by atoms with E-state index in [1.165, 1.54) is 0 Å². The molecule has 0 aliphatic carbocycles. The van der Waals surface area contributed by atoms with E-state index in [0.717, 1.165) is 24.2 Å². The fraction of sp³-hybridized carbons (Fsp3) is 0.412. The predicted octanol–water partition coefficient (Wildman–Crippen LogP) is 3.60. The lowest BCUT2D eigenvalue weighted by molar-refractivity contribution is 0.0302. The summed E-state index contributed by atoms with van der Waals surface area (Å²) in [7, 11) is 0. The molecule has 24 heavy (non-hydrogen) atoms. The molecule has 0 spiro atoms. The van der Waals surface area contributed by atoms with Crippen LogP contribution in [-0.4, -0.2) is 46.9 Å². The van der Waals surface area contributed by atoms with Crippen molar-refractivity contribution < 1.29 is 9.53 Å². The van der Waals surface area contributed by atoms with Crippen molar-refractivity contribution in [3.05, 3.63) is 45.7 Å². The Balaban J connectivity index is 1.97. The lowest BCUT2D eigenvalue weighted by atomic mass is 10.1. The first-order valence-electron chi connectivity index (χ1n) is 8.01. The summed E-state index contributed by atoms with van der Waals surface area (Å²) < 4.78 is 7.10. The molecule has 7 heteroatoms. The highest BCUT2D eigenvalue weighted by Crippen LogP contribution is 2.26. The molecule has 1 aromatic heterocycles. The van der Waals surface area contributed by atoms with E-state index in [1.54, 1.807) is 23.0 Å². The van der Waals surface area contributed by atoms with Crippen molar-refractivity contribution in [2.24, 2.45) is 0 Å². The number of hydrogen-bond donors (Lipinski definition) is 0. The topological polar surface area (TPSA) is 47.4 Å². The number of hydrogen-bond acceptors (Lipinski definition) is 3. The lowest BCUT2D eigenvalue weighted by Gasteiger charge is -2.26. The second kappa shape index (κ2) is 7.55. The maximum atomic E-state index is 12.8. The van der Waals surface area contributed by atoms with Gasteiger partial charge in [0.25, 0.3) is 5.91 Å². The molecule has 1 aliphatic heterocycles. The molecular weight excluding hydrogens is 349 g/mol. The van der Waals surface area contributed by atoms with Gasteiger partial charge in [0, 0.05) is 13.1 Å². The Hall–Kier alpha value is -1.56. The van der Waals surface area contributed by atoms with Gasteiger partial charge in [-0.2, -0.15) is 5.10 Å². The van der Waals surface area contributed by atoms with Gasteiger partial charge in [-0.15, -0.1) is 0 Å². The summed E-state index contributed by atoms with van der Waals surface area (Å²) in [6.45, 7) is 4.46. The molecule has 0 atom stereocenters. The summed E-state index contributed by atoms with van der Waals surface area (Å²) in [6, 6.07) is 5.35. The Morgan fingerprint density at radius 1 is 1.25 bits per heavy atom. The highest BCUT2D eigenvalue weighted by molar-refractivity contribution is 6.42. The summed E-state index contributed by atoms with van der Waals surface area (Å²) >= 11 is 12.1. The van der Waals surface area contributed by atoms with E-state index in [9.17, 15) is 4.79 Å². The summed E-state index contributed by atoms with van der Waals surface area (Å²) in [5.41, 5.74) is 2.34. The normalized spacial score (nSPS) is 14.9. The van der Waals surface area contributed by atoms with Crippen LogP contribution in [0.3, 0.4) is 0 Å². The van der Waals surface area contributed by atoms with Crippen LogP contribution in [0.2, 0.25) is 10.0 Å². The molecule has 1 aliphatic rings. The van der Waals surface area contributed by atoms with Gasteiger partial charge >= 0.3 is 0 Å². The first kappa shape index (κ1) is 17.3. The average Bonchev–Trinajstić information content (AvgIpc) is 3.01. The number of carbonyl (C=O) groups excluding carboxylic acids is 1. The van der Waals surface area contributed by atoms with Crippen LogP contribution >= 0.6 is 23.2 Å². The molecule has 2 heterocycles. The van der Waals surface area contributed by atoms with E-state index in [2.05, 4.69) is 12.0 Å². The van der Waals surface area contributed by atoms with Crippen LogP contribution in [0, 0.1) is 0 Å². The molecule has 0 radical (unpaired) electrons. The number of benzene rings is 1. The smallest absolute Gasteiger partial charge is 0.257 e. The van der Waals surface area contributed by atoms with Crippen LogP contribution in [0.5, 0.6) is 0 Å². The summed E-state index contributed by atoms with van der Waals surface area (Å²) in [4.78, 5) is 14.6. The van der Waals surface area contributed by atoms with Crippen molar-refractivity contribution in [3.8, 4) is 5.69 Å². The average molecular weight is 368 g/mol. The van der Waals surface area contributed by atoms with Gasteiger partial charge in [-0.25, -0.2) is 4.68 Å². The van der Waals surface area contributed by atoms with Gasteiger partial charge in [-0.05, 0) is 24.6 Å². The van der Waals surface area contributed by atoms with Crippen LogP contribution < -0.4 is 0 Å². The molecule has 1 amide bonds. The largest absolute Gasteiger partial charge is 0.378 e. The van der Waals surface area contributed by atoms with Crippen LogP contribution in [0.25, 0.3) is 5.69 Å². The van der Waals surface area contributed by atoms with Crippen LogP contribution in [-0.2, 0) is 11.2 Å². The highest BCUT2D eigenvalue weighted by Gasteiger charge is 2.24. The molecule has 1 saturated heterocycles. The Kier molecular flexibility index (Phi) is 5.43. The standard InChI is InChI=1S/C17H19Cl2N3O2/c1-2-3-16-13(17(23)21-6-8-24-9-7-21)11-20-22(16)12-4-5-14(18)15(19)10-12/h4-5,10-11H,2-3,6-9H2,1H3. The number of aromatic nitrogens is 2. The molecular formula is C17H19Cl2N3O2. The van der Waals surface area contributed by atoms with E-state index in [0.29, 0.717) is 41.9 Å². The first-order valence-corrected chi connectivity index (χ1v) is 8.76. The van der Waals surface area contributed by atoms with E-state index in [-0.39, 0.29) is 5.91 Å². The van der Waals surface area contributed by atoms with E-state index in [1.807, 2.05) is 11.0 Å². The molecule has 128 valence electrons. The Bertz CT molecular complexity index is 739. The van der Waals surface area contributed by atoms with Crippen LogP contribution in [0.1, 0.15) is 29.4 Å². The number of amides is 1. The molecule has 0 N–H and O–H groups in total. The number of halogens is 2. The SMILES string of the molecule is CCCc1c(C(=O)N2CCOCC2)cnn1-c1ccc(Cl)c(Cl)c1. The third-order valence-corrected chi connectivity index (χ3v) is 4.77. The molecule has 0 bridgehead atoms. The first-order chi connectivity index (χ1) is 11.6. The molecule has 5 nitrogen and oxygen atoms in total. The van der Waals surface area contributed by atoms with Crippen molar-refractivity contribution in [1.82, 2.24) is 14.7 Å². The molecule has 3 rings (SSSR count). The van der Waals surface area contributed by atoms with Crippen molar-refractivity contribution in [3.63, 3.8) is 0 Å². The summed E-state index contributed by atoms with van der Waals surface area (Å²) in [5, 5.41) is 5.39. The minimum Gasteiger partial charge on any atom is -0.378 e. The zero-order valence-corrected chi connectivity index (χ0v) is 15.0. The molecule has 2 aromatic rings. The fourth-order valence-electron chi connectivity index (χ4n) is 2.81. The number of morpholine rings is 1. The van der Waals surface area contributed by atoms with Gasteiger partial charge < -0.3 is 9.64 Å². The maximum Gasteiger partial charge on any atom is 0.257 e. The minimum absolute atomic E-state index is 0.00746. The number of carbonyl (C=O) groups is 1. The van der Waals surface area contributed by atoms with Gasteiger partial charge in [0.05, 0.1) is 46.4 Å².